The maximum absolute atomic E-state index is 11.2. The van der Waals surface area contributed by atoms with E-state index in [0.29, 0.717) is 5.88 Å². The Balaban J connectivity index is 2.00. The van der Waals surface area contributed by atoms with Crippen molar-refractivity contribution in [1.82, 2.24) is 10.3 Å². The number of hydrogen-bond acceptors (Lipinski definition) is 3. The minimum absolute atomic E-state index is 0.104. The molecular weight excluding hydrogens is 304 g/mol. The molecule has 0 fully saturated rings. The van der Waals surface area contributed by atoms with Crippen molar-refractivity contribution in [1.29, 1.82) is 0 Å². The lowest BCUT2D eigenvalue weighted by atomic mass is 9.70. The first-order valence-corrected chi connectivity index (χ1v) is 8.03. The first-order chi connectivity index (χ1) is 11.4. The smallest absolute Gasteiger partial charge is 0.405 e. The van der Waals surface area contributed by atoms with Crippen LogP contribution in [0.4, 0.5) is 4.79 Å². The molecule has 0 spiro atoms. The highest BCUT2D eigenvalue weighted by molar-refractivity contribution is 5.68. The summed E-state index contributed by atoms with van der Waals surface area (Å²) in [4.78, 5) is 15.3. The fourth-order valence-corrected chi connectivity index (χ4v) is 3.40. The first-order valence-electron chi connectivity index (χ1n) is 8.03. The number of methoxy groups -OCH3 is 1. The van der Waals surface area contributed by atoms with Crippen LogP contribution in [-0.2, 0) is 6.42 Å². The molecule has 0 aliphatic heterocycles. The number of nitrogens with one attached hydrogen (secondary N) is 1. The van der Waals surface area contributed by atoms with E-state index in [0.717, 1.165) is 29.5 Å². The maximum Gasteiger partial charge on any atom is 0.405 e. The molecule has 0 radical (unpaired) electrons. The highest BCUT2D eigenvalue weighted by Crippen LogP contribution is 2.44. The van der Waals surface area contributed by atoms with Gasteiger partial charge in [0.05, 0.1) is 13.2 Å². The summed E-state index contributed by atoms with van der Waals surface area (Å²) in [5, 5.41) is 11.9. The molecule has 5 heteroatoms. The molecule has 126 valence electrons. The van der Waals surface area contributed by atoms with Gasteiger partial charge in [0.1, 0.15) is 0 Å². The Morgan fingerprint density at radius 3 is 2.75 bits per heavy atom. The summed E-state index contributed by atoms with van der Waals surface area (Å²) in [7, 11) is 1.60. The number of pyridine rings is 1. The van der Waals surface area contributed by atoms with Gasteiger partial charge < -0.3 is 15.2 Å². The van der Waals surface area contributed by atoms with Crippen LogP contribution in [0.3, 0.4) is 0 Å². The highest BCUT2D eigenvalue weighted by atomic mass is 16.5. The average molecular weight is 326 g/mol. The third-order valence-corrected chi connectivity index (χ3v) is 4.82. The van der Waals surface area contributed by atoms with Crippen molar-refractivity contribution in [2.45, 2.75) is 32.7 Å². The van der Waals surface area contributed by atoms with Gasteiger partial charge in [-0.1, -0.05) is 32.0 Å². The van der Waals surface area contributed by atoms with Gasteiger partial charge in [-0.25, -0.2) is 9.78 Å². The molecule has 1 aliphatic rings. The van der Waals surface area contributed by atoms with E-state index < -0.39 is 6.09 Å². The van der Waals surface area contributed by atoms with Crippen LogP contribution >= 0.6 is 0 Å². The van der Waals surface area contributed by atoms with Gasteiger partial charge >= 0.3 is 6.09 Å². The highest BCUT2D eigenvalue weighted by Gasteiger charge is 2.37. The van der Waals surface area contributed by atoms with E-state index in [1.165, 1.54) is 5.56 Å². The quantitative estimate of drug-likeness (QED) is 0.893. The molecule has 1 aliphatic carbocycles. The molecular formula is C19H22N2O3. The Morgan fingerprint density at radius 1 is 1.29 bits per heavy atom. The van der Waals surface area contributed by atoms with E-state index in [9.17, 15) is 9.90 Å². The molecule has 3 rings (SSSR count). The Morgan fingerprint density at radius 2 is 2.04 bits per heavy atom. The Bertz CT molecular complexity index is 771. The summed E-state index contributed by atoms with van der Waals surface area (Å²) in [6, 6.07) is 9.88. The molecule has 2 aromatic rings. The summed E-state index contributed by atoms with van der Waals surface area (Å²) in [5.41, 5.74) is 4.28. The largest absolute Gasteiger partial charge is 0.481 e. The van der Waals surface area contributed by atoms with Crippen molar-refractivity contribution < 1.29 is 14.6 Å². The van der Waals surface area contributed by atoms with Crippen molar-refractivity contribution in [3.8, 4) is 17.0 Å². The van der Waals surface area contributed by atoms with Crippen LogP contribution in [-0.4, -0.2) is 23.3 Å². The lowest BCUT2D eigenvalue weighted by Crippen LogP contribution is -2.40. The predicted molar refractivity (Wildman–Crippen MR) is 92.2 cm³/mol. The third-order valence-electron chi connectivity index (χ3n) is 4.82. The normalized spacial score (nSPS) is 18.5. The van der Waals surface area contributed by atoms with Gasteiger partial charge in [-0.2, -0.15) is 0 Å². The number of benzene rings is 1. The van der Waals surface area contributed by atoms with E-state index in [1.54, 1.807) is 13.3 Å². The molecule has 1 amide bonds. The SMILES string of the molecule is COc1cc(-c2ccc3c(c2)CCC(C)(C)[C@@H]3NC(=O)O)ccn1. The number of carboxylic acid groups (broad SMARTS) is 1. The van der Waals surface area contributed by atoms with Crippen molar-refractivity contribution in [3.63, 3.8) is 0 Å². The molecule has 2 N–H and O–H groups in total. The summed E-state index contributed by atoms with van der Waals surface area (Å²) in [5.74, 6) is 0.580. The van der Waals surface area contributed by atoms with Crippen LogP contribution in [0.15, 0.2) is 36.5 Å². The van der Waals surface area contributed by atoms with E-state index in [1.807, 2.05) is 24.3 Å². The van der Waals surface area contributed by atoms with Gasteiger partial charge in [0, 0.05) is 12.3 Å². The summed E-state index contributed by atoms with van der Waals surface area (Å²) in [6.45, 7) is 4.22. The van der Waals surface area contributed by atoms with Gasteiger partial charge in [-0.3, -0.25) is 0 Å². The monoisotopic (exact) mass is 326 g/mol. The number of aryl methyl sites for hydroxylation is 1. The number of hydrogen-bond donors (Lipinski definition) is 2. The minimum Gasteiger partial charge on any atom is -0.481 e. The number of carbonyl (C=O) groups is 1. The molecule has 1 atom stereocenters. The summed E-state index contributed by atoms with van der Waals surface area (Å²) in [6.07, 6.45) is 2.62. The maximum atomic E-state index is 11.2. The van der Waals surface area contributed by atoms with Crippen LogP contribution in [0, 0.1) is 5.41 Å². The molecule has 0 unspecified atom stereocenters. The van der Waals surface area contributed by atoms with Crippen molar-refractivity contribution in [2.75, 3.05) is 7.11 Å². The Labute approximate surface area is 141 Å². The predicted octanol–water partition coefficient (Wildman–Crippen LogP) is 4.04. The van der Waals surface area contributed by atoms with Crippen LogP contribution in [0.5, 0.6) is 5.88 Å². The zero-order valence-corrected chi connectivity index (χ0v) is 14.2. The molecule has 0 saturated carbocycles. The summed E-state index contributed by atoms with van der Waals surface area (Å²) < 4.78 is 5.19. The third kappa shape index (κ3) is 3.07. The molecule has 0 bridgehead atoms. The second-order valence-electron chi connectivity index (χ2n) is 6.87. The van der Waals surface area contributed by atoms with Gasteiger partial charge in [-0.05, 0) is 46.6 Å². The van der Waals surface area contributed by atoms with E-state index in [2.05, 4.69) is 30.2 Å². The van der Waals surface area contributed by atoms with Crippen molar-refractivity contribution in [3.05, 3.63) is 47.7 Å². The number of rotatable bonds is 3. The van der Waals surface area contributed by atoms with Gasteiger partial charge in [0.2, 0.25) is 5.88 Å². The minimum atomic E-state index is -0.983. The fraction of sp³-hybridized carbons (Fsp3) is 0.368. The molecule has 1 aromatic carbocycles. The number of amides is 1. The van der Waals surface area contributed by atoms with Gasteiger partial charge in [-0.15, -0.1) is 0 Å². The average Bonchev–Trinajstić information content (AvgIpc) is 2.57. The molecule has 1 aromatic heterocycles. The number of fused-ring (bicyclic) bond motifs is 1. The van der Waals surface area contributed by atoms with E-state index in [-0.39, 0.29) is 11.5 Å². The van der Waals surface area contributed by atoms with Crippen LogP contribution in [0.1, 0.15) is 37.4 Å². The lowest BCUT2D eigenvalue weighted by Gasteiger charge is -2.40. The lowest BCUT2D eigenvalue weighted by molar-refractivity contribution is 0.161. The molecule has 5 nitrogen and oxygen atoms in total. The van der Waals surface area contributed by atoms with E-state index >= 15 is 0 Å². The molecule has 24 heavy (non-hydrogen) atoms. The fourth-order valence-electron chi connectivity index (χ4n) is 3.40. The second kappa shape index (κ2) is 6.15. The number of nitrogens with zero attached hydrogens (tertiary/aromatic N) is 1. The van der Waals surface area contributed by atoms with E-state index in [4.69, 9.17) is 4.74 Å². The Hall–Kier alpha value is -2.56. The molecule has 0 saturated heterocycles. The van der Waals surface area contributed by atoms with Crippen molar-refractivity contribution in [2.24, 2.45) is 5.41 Å². The van der Waals surface area contributed by atoms with Crippen molar-refractivity contribution >= 4 is 6.09 Å². The summed E-state index contributed by atoms with van der Waals surface area (Å²) >= 11 is 0. The van der Waals surface area contributed by atoms with Gasteiger partial charge in [0.25, 0.3) is 0 Å². The van der Waals surface area contributed by atoms with Crippen LogP contribution in [0.2, 0.25) is 0 Å². The topological polar surface area (TPSA) is 71.5 Å². The zero-order valence-electron chi connectivity index (χ0n) is 14.2. The molecule has 1 heterocycles. The number of ether oxygens (including phenoxy) is 1. The Kier molecular flexibility index (Phi) is 4.18. The number of aromatic nitrogens is 1. The first kappa shape index (κ1) is 16.3. The van der Waals surface area contributed by atoms with Crippen LogP contribution < -0.4 is 10.1 Å². The van der Waals surface area contributed by atoms with Crippen LogP contribution in [0.25, 0.3) is 11.1 Å². The second-order valence-corrected chi connectivity index (χ2v) is 6.87. The standard InChI is InChI=1S/C19H22N2O3/c1-19(2)8-6-14-10-12(13-7-9-20-16(11-13)24-3)4-5-15(14)17(19)21-18(22)23/h4-5,7,9-11,17,21H,6,8H2,1-3H3,(H,22,23)/t17-/m1/s1. The van der Waals surface area contributed by atoms with Gasteiger partial charge in [0.15, 0.2) is 0 Å². The zero-order chi connectivity index (χ0) is 17.3.